The van der Waals surface area contributed by atoms with E-state index in [1.165, 1.54) is 12.1 Å². The van der Waals surface area contributed by atoms with Gasteiger partial charge in [-0.1, -0.05) is 24.1 Å². The zero-order chi connectivity index (χ0) is 20.0. The molecule has 7 heteroatoms. The predicted octanol–water partition coefficient (Wildman–Crippen LogP) is 3.76. The van der Waals surface area contributed by atoms with Gasteiger partial charge >= 0.3 is 5.97 Å². The van der Waals surface area contributed by atoms with Gasteiger partial charge in [0.25, 0.3) is 0 Å². The molecule has 1 aliphatic heterocycles. The van der Waals surface area contributed by atoms with Crippen molar-refractivity contribution >= 4 is 29.0 Å². The van der Waals surface area contributed by atoms with Crippen molar-refractivity contribution in [3.05, 3.63) is 39.7 Å². The van der Waals surface area contributed by atoms with E-state index < -0.39 is 17.6 Å². The van der Waals surface area contributed by atoms with Gasteiger partial charge in [0.05, 0.1) is 10.7 Å². The molecule has 0 radical (unpaired) electrons. The summed E-state index contributed by atoms with van der Waals surface area (Å²) >= 11 is 6.74. The van der Waals surface area contributed by atoms with Crippen LogP contribution >= 0.6 is 11.6 Å². The highest BCUT2D eigenvalue weighted by atomic mass is 35.5. The van der Waals surface area contributed by atoms with Crippen molar-refractivity contribution in [2.24, 2.45) is 5.92 Å². The molecular formula is C21H24ClFN2O3. The molecule has 0 aromatic heterocycles. The van der Waals surface area contributed by atoms with Crippen molar-refractivity contribution in [2.45, 2.75) is 44.1 Å². The predicted molar refractivity (Wildman–Crippen MR) is 106 cm³/mol. The Morgan fingerprint density at radius 2 is 2.07 bits per heavy atom. The number of hydrogen-bond donors (Lipinski definition) is 2. The van der Waals surface area contributed by atoms with E-state index in [1.54, 1.807) is 0 Å². The number of carbonyl (C=O) groups excluding carboxylic acids is 1. The Kier molecular flexibility index (Phi) is 5.19. The third-order valence-corrected chi connectivity index (χ3v) is 6.54. The third kappa shape index (κ3) is 3.33. The number of Topliss-reactive ketones (excluding diaryl/α,β-unsaturated/α-hetero) is 1. The fraction of sp³-hybridized carbons (Fsp3) is 0.524. The average molecular weight is 407 g/mol. The van der Waals surface area contributed by atoms with Crippen LogP contribution < -0.4 is 10.2 Å². The number of allylic oxidation sites excluding steroid dienone is 1. The van der Waals surface area contributed by atoms with E-state index in [4.69, 9.17) is 11.6 Å². The molecule has 0 amide bonds. The van der Waals surface area contributed by atoms with Crippen LogP contribution in [0.25, 0.3) is 0 Å². The minimum Gasteiger partial charge on any atom is -0.478 e. The van der Waals surface area contributed by atoms with E-state index in [-0.39, 0.29) is 34.0 Å². The standard InChI is InChI=1S/C21H24ClFN2O3/c1-24-12-4-2-3-7-25(10-12)19-16(23)9-14-17(18(19)22)13(11-5-6-11)8-15(20(14)26)21(27)28/h8-9,11-13,24H,2-7,10H2,1H3,(H,27,28). The van der Waals surface area contributed by atoms with Gasteiger partial charge in [0.15, 0.2) is 5.78 Å². The van der Waals surface area contributed by atoms with E-state index in [0.29, 0.717) is 24.3 Å². The molecule has 1 saturated heterocycles. The van der Waals surface area contributed by atoms with Gasteiger partial charge < -0.3 is 15.3 Å². The lowest BCUT2D eigenvalue weighted by molar-refractivity contribution is -0.132. The summed E-state index contributed by atoms with van der Waals surface area (Å²) < 4.78 is 15.2. The summed E-state index contributed by atoms with van der Waals surface area (Å²) in [5.74, 6) is -2.49. The lowest BCUT2D eigenvalue weighted by Crippen LogP contribution is -2.38. The van der Waals surface area contributed by atoms with Gasteiger partial charge in [-0.15, -0.1) is 0 Å². The van der Waals surface area contributed by atoms with E-state index in [2.05, 4.69) is 5.32 Å². The quantitative estimate of drug-likeness (QED) is 0.745. The van der Waals surface area contributed by atoms with Crippen LogP contribution in [0.2, 0.25) is 5.02 Å². The highest BCUT2D eigenvalue weighted by Crippen LogP contribution is 2.51. The molecule has 1 heterocycles. The second-order valence-corrected chi connectivity index (χ2v) is 8.37. The Labute approximate surface area is 168 Å². The molecule has 0 bridgehead atoms. The van der Waals surface area contributed by atoms with E-state index in [9.17, 15) is 14.7 Å². The first-order chi connectivity index (χ1) is 13.4. The van der Waals surface area contributed by atoms with Crippen LogP contribution in [0.15, 0.2) is 17.7 Å². The van der Waals surface area contributed by atoms with Crippen LogP contribution in [0.4, 0.5) is 10.1 Å². The number of fused-ring (bicyclic) bond motifs is 1. The number of likely N-dealkylation sites (N-methyl/N-ethyl adjacent to an activating group) is 1. The Morgan fingerprint density at radius 1 is 1.32 bits per heavy atom. The van der Waals surface area contributed by atoms with Crippen LogP contribution in [0, 0.1) is 11.7 Å². The first-order valence-corrected chi connectivity index (χ1v) is 10.2. The Bertz CT molecular complexity index is 866. The lowest BCUT2D eigenvalue weighted by atomic mass is 9.80. The molecule has 5 nitrogen and oxygen atoms in total. The first kappa shape index (κ1) is 19.4. The maximum absolute atomic E-state index is 15.2. The van der Waals surface area contributed by atoms with Crippen LogP contribution in [-0.2, 0) is 4.79 Å². The lowest BCUT2D eigenvalue weighted by Gasteiger charge is -2.31. The number of hydrogen-bond acceptors (Lipinski definition) is 4. The number of carboxylic acids is 1. The molecular weight excluding hydrogens is 383 g/mol. The van der Waals surface area contributed by atoms with Gasteiger partial charge in [-0.3, -0.25) is 4.79 Å². The minimum atomic E-state index is -1.27. The highest BCUT2D eigenvalue weighted by Gasteiger charge is 2.41. The normalized spacial score (nSPS) is 25.2. The molecule has 0 spiro atoms. The van der Waals surface area contributed by atoms with Crippen molar-refractivity contribution in [3.63, 3.8) is 0 Å². The molecule has 28 heavy (non-hydrogen) atoms. The van der Waals surface area contributed by atoms with Gasteiger partial charge in [-0.2, -0.15) is 0 Å². The number of nitrogens with zero attached hydrogens (tertiary/aromatic N) is 1. The second kappa shape index (κ2) is 7.48. The van der Waals surface area contributed by atoms with Gasteiger partial charge in [0.1, 0.15) is 11.4 Å². The topological polar surface area (TPSA) is 69.6 Å². The zero-order valence-corrected chi connectivity index (χ0v) is 16.6. The molecule has 2 fully saturated rings. The molecule has 2 atom stereocenters. The average Bonchev–Trinajstić information content (AvgIpc) is 3.49. The minimum absolute atomic E-state index is 0.100. The number of nitrogens with one attached hydrogen (secondary N) is 1. The monoisotopic (exact) mass is 406 g/mol. The van der Waals surface area contributed by atoms with Crippen molar-refractivity contribution < 1.29 is 19.1 Å². The molecule has 4 rings (SSSR count). The SMILES string of the molecule is CNC1CCCCN(c2c(F)cc3c(c2Cl)C(C2CC2)C=C(C(=O)O)C3=O)C1. The first-order valence-electron chi connectivity index (χ1n) is 9.86. The maximum Gasteiger partial charge on any atom is 0.339 e. The zero-order valence-electron chi connectivity index (χ0n) is 15.8. The summed E-state index contributed by atoms with van der Waals surface area (Å²) in [4.78, 5) is 26.2. The number of carboxylic acid groups (broad SMARTS) is 1. The van der Waals surface area contributed by atoms with E-state index >= 15 is 4.39 Å². The van der Waals surface area contributed by atoms with Gasteiger partial charge in [-0.05, 0) is 50.3 Å². The molecule has 2 aliphatic carbocycles. The second-order valence-electron chi connectivity index (χ2n) is 7.99. The molecule has 3 aliphatic rings. The van der Waals surface area contributed by atoms with Crippen molar-refractivity contribution in [1.82, 2.24) is 5.32 Å². The van der Waals surface area contributed by atoms with E-state index in [1.807, 2.05) is 11.9 Å². The van der Waals surface area contributed by atoms with Crippen LogP contribution in [0.1, 0.15) is 53.9 Å². The molecule has 1 saturated carbocycles. The number of halogens is 2. The molecule has 1 aromatic carbocycles. The third-order valence-electron chi connectivity index (χ3n) is 6.16. The fourth-order valence-electron chi connectivity index (χ4n) is 4.49. The number of carbonyl (C=O) groups is 2. The Balaban J connectivity index is 1.82. The number of ketones is 1. The summed E-state index contributed by atoms with van der Waals surface area (Å²) in [6.45, 7) is 1.34. The van der Waals surface area contributed by atoms with E-state index in [0.717, 1.165) is 32.1 Å². The molecule has 1 aromatic rings. The van der Waals surface area contributed by atoms with Crippen LogP contribution in [0.5, 0.6) is 0 Å². The molecule has 2 unspecified atom stereocenters. The van der Waals surface area contributed by atoms with Gasteiger partial charge in [0, 0.05) is 30.6 Å². The fourth-order valence-corrected chi connectivity index (χ4v) is 4.92. The molecule has 2 N–H and O–H groups in total. The van der Waals surface area contributed by atoms with Crippen molar-refractivity contribution in [1.29, 1.82) is 0 Å². The number of aliphatic carboxylic acids is 1. The summed E-state index contributed by atoms with van der Waals surface area (Å²) in [6.07, 6.45) is 6.45. The Hall–Kier alpha value is -1.92. The maximum atomic E-state index is 15.2. The van der Waals surface area contributed by atoms with Gasteiger partial charge in [0.2, 0.25) is 0 Å². The summed E-state index contributed by atoms with van der Waals surface area (Å²) in [5.41, 5.74) is 0.759. The van der Waals surface area contributed by atoms with Crippen molar-refractivity contribution in [3.8, 4) is 0 Å². The number of benzene rings is 1. The van der Waals surface area contributed by atoms with Crippen LogP contribution in [0.3, 0.4) is 0 Å². The number of anilines is 1. The molecule has 150 valence electrons. The Morgan fingerprint density at radius 3 is 2.71 bits per heavy atom. The largest absolute Gasteiger partial charge is 0.478 e. The van der Waals surface area contributed by atoms with Crippen molar-refractivity contribution in [2.75, 3.05) is 25.0 Å². The summed E-state index contributed by atoms with van der Waals surface area (Å²) in [6, 6.07) is 1.44. The van der Waals surface area contributed by atoms with Crippen LogP contribution in [-0.4, -0.2) is 43.0 Å². The summed E-state index contributed by atoms with van der Waals surface area (Å²) in [7, 11) is 1.90. The van der Waals surface area contributed by atoms with Gasteiger partial charge in [-0.25, -0.2) is 9.18 Å². The smallest absolute Gasteiger partial charge is 0.339 e. The highest BCUT2D eigenvalue weighted by molar-refractivity contribution is 6.36. The summed E-state index contributed by atoms with van der Waals surface area (Å²) in [5, 5.41) is 12.9. The number of rotatable bonds is 4.